The van der Waals surface area contributed by atoms with Crippen molar-refractivity contribution in [3.05, 3.63) is 12.4 Å². The predicted octanol–water partition coefficient (Wildman–Crippen LogP) is 0.211. The van der Waals surface area contributed by atoms with E-state index in [1.54, 1.807) is 6.33 Å². The number of aromatic nitrogens is 2. The third kappa shape index (κ3) is 3.82. The van der Waals surface area contributed by atoms with Crippen LogP contribution in [0.2, 0.25) is 0 Å². The van der Waals surface area contributed by atoms with Crippen molar-refractivity contribution in [1.82, 2.24) is 14.9 Å². The second-order valence-electron chi connectivity index (χ2n) is 4.80. The number of anilines is 2. The van der Waals surface area contributed by atoms with Gasteiger partial charge in [-0.25, -0.2) is 9.97 Å². The van der Waals surface area contributed by atoms with Crippen molar-refractivity contribution in [2.45, 2.75) is 6.42 Å². The van der Waals surface area contributed by atoms with Crippen LogP contribution in [-0.2, 0) is 0 Å². The normalized spacial score (nSPS) is 20.0. The Hall–Kier alpha value is -1.40. The molecule has 0 aliphatic carbocycles. The summed E-state index contributed by atoms with van der Waals surface area (Å²) in [7, 11) is 2.17. The zero-order valence-corrected chi connectivity index (χ0v) is 10.9. The van der Waals surface area contributed by atoms with E-state index in [2.05, 4.69) is 32.5 Å². The van der Waals surface area contributed by atoms with Crippen LogP contribution in [0, 0.1) is 5.92 Å². The van der Waals surface area contributed by atoms with E-state index in [-0.39, 0.29) is 0 Å². The molecule has 1 aliphatic rings. The largest absolute Gasteiger partial charge is 0.370 e. The Morgan fingerprint density at radius 1 is 1.39 bits per heavy atom. The van der Waals surface area contributed by atoms with Crippen LogP contribution in [0.4, 0.5) is 11.6 Å². The number of nitrogens with two attached hydrogens (primary N) is 1. The van der Waals surface area contributed by atoms with Crippen LogP contribution in [-0.4, -0.2) is 54.6 Å². The van der Waals surface area contributed by atoms with Crippen LogP contribution in [0.5, 0.6) is 0 Å². The Kier molecular flexibility index (Phi) is 4.72. The lowest BCUT2D eigenvalue weighted by Gasteiger charge is -2.12. The Labute approximate surface area is 108 Å². The summed E-state index contributed by atoms with van der Waals surface area (Å²) in [6.45, 7) is 4.65. The highest BCUT2D eigenvalue weighted by molar-refractivity contribution is 5.46. The lowest BCUT2D eigenvalue weighted by atomic mass is 10.1. The molecule has 0 saturated carbocycles. The molecule has 4 N–H and O–H groups in total. The molecule has 1 aromatic heterocycles. The maximum absolute atomic E-state index is 5.44. The van der Waals surface area contributed by atoms with Crippen LogP contribution in [0.3, 0.4) is 0 Å². The fraction of sp³-hybridized carbons (Fsp3) is 0.667. The molecule has 1 atom stereocenters. The number of rotatable bonds is 6. The maximum Gasteiger partial charge on any atom is 0.131 e. The minimum absolute atomic E-state index is 0.598. The van der Waals surface area contributed by atoms with Crippen molar-refractivity contribution in [2.24, 2.45) is 11.7 Å². The van der Waals surface area contributed by atoms with Crippen molar-refractivity contribution in [3.63, 3.8) is 0 Å². The average molecular weight is 250 g/mol. The van der Waals surface area contributed by atoms with Gasteiger partial charge in [-0.1, -0.05) is 0 Å². The second-order valence-corrected chi connectivity index (χ2v) is 4.80. The Balaban J connectivity index is 1.81. The molecule has 1 aliphatic heterocycles. The molecule has 0 radical (unpaired) electrons. The van der Waals surface area contributed by atoms with E-state index >= 15 is 0 Å². The SMILES string of the molecule is CN1CCC(CNc2cc(NCCN)ncn2)C1. The molecule has 6 nitrogen and oxygen atoms in total. The molecule has 0 spiro atoms. The van der Waals surface area contributed by atoms with Gasteiger partial charge in [-0.2, -0.15) is 0 Å². The summed E-state index contributed by atoms with van der Waals surface area (Å²) in [5, 5.41) is 6.52. The third-order valence-electron chi connectivity index (χ3n) is 3.18. The predicted molar refractivity (Wildman–Crippen MR) is 73.7 cm³/mol. The van der Waals surface area contributed by atoms with Crippen LogP contribution >= 0.6 is 0 Å². The van der Waals surface area contributed by atoms with Gasteiger partial charge in [0.15, 0.2) is 0 Å². The van der Waals surface area contributed by atoms with E-state index in [4.69, 9.17) is 5.73 Å². The molecule has 1 saturated heterocycles. The molecule has 6 heteroatoms. The maximum atomic E-state index is 5.44. The molecule has 100 valence electrons. The average Bonchev–Trinajstić information content (AvgIpc) is 2.80. The first-order chi connectivity index (χ1) is 8.78. The van der Waals surface area contributed by atoms with Gasteiger partial charge in [0, 0.05) is 32.2 Å². The summed E-state index contributed by atoms with van der Waals surface area (Å²) < 4.78 is 0. The summed E-state index contributed by atoms with van der Waals surface area (Å²) in [6.07, 6.45) is 2.83. The van der Waals surface area contributed by atoms with E-state index in [0.29, 0.717) is 12.5 Å². The van der Waals surface area contributed by atoms with Gasteiger partial charge in [-0.15, -0.1) is 0 Å². The molecular weight excluding hydrogens is 228 g/mol. The van der Waals surface area contributed by atoms with Crippen molar-refractivity contribution < 1.29 is 0 Å². The van der Waals surface area contributed by atoms with Gasteiger partial charge < -0.3 is 21.3 Å². The van der Waals surface area contributed by atoms with E-state index in [1.165, 1.54) is 13.0 Å². The van der Waals surface area contributed by atoms with E-state index in [0.717, 1.165) is 31.3 Å². The Morgan fingerprint density at radius 2 is 2.17 bits per heavy atom. The van der Waals surface area contributed by atoms with Gasteiger partial charge in [0.05, 0.1) is 0 Å². The highest BCUT2D eigenvalue weighted by Gasteiger charge is 2.18. The zero-order chi connectivity index (χ0) is 12.8. The molecule has 1 aromatic rings. The third-order valence-corrected chi connectivity index (χ3v) is 3.18. The summed E-state index contributed by atoms with van der Waals surface area (Å²) >= 11 is 0. The van der Waals surface area contributed by atoms with Crippen LogP contribution < -0.4 is 16.4 Å². The minimum atomic E-state index is 0.598. The van der Waals surface area contributed by atoms with E-state index in [9.17, 15) is 0 Å². The molecule has 0 bridgehead atoms. The van der Waals surface area contributed by atoms with Gasteiger partial charge >= 0.3 is 0 Å². The van der Waals surface area contributed by atoms with Gasteiger partial charge in [-0.3, -0.25) is 0 Å². The van der Waals surface area contributed by atoms with Crippen LogP contribution in [0.1, 0.15) is 6.42 Å². The molecular formula is C12H22N6. The highest BCUT2D eigenvalue weighted by Crippen LogP contribution is 2.15. The lowest BCUT2D eigenvalue weighted by Crippen LogP contribution is -2.19. The molecule has 2 rings (SSSR count). The quantitative estimate of drug-likeness (QED) is 0.670. The summed E-state index contributed by atoms with van der Waals surface area (Å²) in [6, 6.07) is 1.92. The smallest absolute Gasteiger partial charge is 0.131 e. The summed E-state index contributed by atoms with van der Waals surface area (Å²) in [5.41, 5.74) is 5.44. The summed E-state index contributed by atoms with van der Waals surface area (Å²) in [5.74, 6) is 2.41. The van der Waals surface area contributed by atoms with Crippen molar-refractivity contribution in [3.8, 4) is 0 Å². The zero-order valence-electron chi connectivity index (χ0n) is 10.9. The number of hydrogen-bond acceptors (Lipinski definition) is 6. The Bertz CT molecular complexity index is 369. The van der Waals surface area contributed by atoms with Gasteiger partial charge in [0.2, 0.25) is 0 Å². The fourth-order valence-corrected chi connectivity index (χ4v) is 2.19. The van der Waals surface area contributed by atoms with Crippen LogP contribution in [0.25, 0.3) is 0 Å². The van der Waals surface area contributed by atoms with Gasteiger partial charge in [-0.05, 0) is 25.9 Å². The molecule has 1 unspecified atom stereocenters. The van der Waals surface area contributed by atoms with E-state index in [1.807, 2.05) is 6.07 Å². The lowest BCUT2D eigenvalue weighted by molar-refractivity contribution is 0.399. The minimum Gasteiger partial charge on any atom is -0.370 e. The van der Waals surface area contributed by atoms with Gasteiger partial charge in [0.25, 0.3) is 0 Å². The van der Waals surface area contributed by atoms with Crippen molar-refractivity contribution >= 4 is 11.6 Å². The first kappa shape index (κ1) is 13.0. The fourth-order valence-electron chi connectivity index (χ4n) is 2.19. The topological polar surface area (TPSA) is 79.1 Å². The molecule has 0 aromatic carbocycles. The standard InChI is InChI=1S/C12H22N6/c1-18-5-2-10(8-18)7-15-12-6-11(14-4-3-13)16-9-17-12/h6,9-10H,2-5,7-8,13H2,1H3,(H2,14,15,16,17). The van der Waals surface area contributed by atoms with E-state index < -0.39 is 0 Å². The summed E-state index contributed by atoms with van der Waals surface area (Å²) in [4.78, 5) is 10.7. The molecule has 0 amide bonds. The number of likely N-dealkylation sites (tertiary alicyclic amines) is 1. The molecule has 18 heavy (non-hydrogen) atoms. The number of hydrogen-bond donors (Lipinski definition) is 3. The Morgan fingerprint density at radius 3 is 2.83 bits per heavy atom. The second kappa shape index (κ2) is 6.51. The first-order valence-corrected chi connectivity index (χ1v) is 6.46. The number of nitrogens with one attached hydrogen (secondary N) is 2. The van der Waals surface area contributed by atoms with Crippen molar-refractivity contribution in [1.29, 1.82) is 0 Å². The highest BCUT2D eigenvalue weighted by atomic mass is 15.1. The monoisotopic (exact) mass is 250 g/mol. The first-order valence-electron chi connectivity index (χ1n) is 6.46. The van der Waals surface area contributed by atoms with Crippen molar-refractivity contribution in [2.75, 3.05) is 50.4 Å². The number of nitrogens with zero attached hydrogens (tertiary/aromatic N) is 3. The molecule has 1 fully saturated rings. The van der Waals surface area contributed by atoms with Gasteiger partial charge in [0.1, 0.15) is 18.0 Å². The molecule has 2 heterocycles. The van der Waals surface area contributed by atoms with Crippen LogP contribution in [0.15, 0.2) is 12.4 Å².